The predicted molar refractivity (Wildman–Crippen MR) is 125 cm³/mol. The molecule has 0 amide bonds. The van der Waals surface area contributed by atoms with Crippen LogP contribution in [-0.4, -0.2) is 49.9 Å². The van der Waals surface area contributed by atoms with Crippen LogP contribution in [0.25, 0.3) is 10.9 Å². The third-order valence-electron chi connectivity index (χ3n) is 7.21. The summed E-state index contributed by atoms with van der Waals surface area (Å²) in [6, 6.07) is 1.78. The summed E-state index contributed by atoms with van der Waals surface area (Å²) in [6.07, 6.45) is 7.34. The number of pyridine rings is 1. The van der Waals surface area contributed by atoms with E-state index in [1.54, 1.807) is 6.20 Å². The van der Waals surface area contributed by atoms with Gasteiger partial charge in [0.05, 0.1) is 24.6 Å². The normalized spacial score (nSPS) is 22.5. The number of methoxy groups -OCH3 is 1. The van der Waals surface area contributed by atoms with Crippen LogP contribution in [-0.2, 0) is 4.74 Å². The fraction of sp³-hybridized carbons (Fsp3) is 0.600. The molecule has 3 fully saturated rings. The highest BCUT2D eigenvalue weighted by Crippen LogP contribution is 2.45. The highest BCUT2D eigenvalue weighted by molar-refractivity contribution is 5.97. The summed E-state index contributed by atoms with van der Waals surface area (Å²) in [6.45, 7) is 4.72. The van der Waals surface area contributed by atoms with E-state index in [-0.39, 0.29) is 23.6 Å². The smallest absolute Gasteiger partial charge is 0.343 e. The number of unbranched alkanes of at least 4 members (excludes halogenated alkanes) is 1. The number of ether oxygens (including phenoxy) is 2. The Morgan fingerprint density at radius 1 is 1.27 bits per heavy atom. The van der Waals surface area contributed by atoms with E-state index in [9.17, 15) is 9.59 Å². The Morgan fingerprint density at radius 2 is 2.09 bits per heavy atom. The molecule has 0 spiro atoms. The zero-order valence-corrected chi connectivity index (χ0v) is 19.4. The van der Waals surface area contributed by atoms with Crippen molar-refractivity contribution in [2.24, 2.45) is 5.92 Å². The summed E-state index contributed by atoms with van der Waals surface area (Å²) in [5.74, 6) is -0.292. The van der Waals surface area contributed by atoms with Gasteiger partial charge in [-0.25, -0.2) is 9.18 Å². The number of aromatic nitrogens is 1. The van der Waals surface area contributed by atoms with Gasteiger partial charge in [0.25, 0.3) is 0 Å². The minimum absolute atomic E-state index is 0.0453. The number of nitrogens with zero attached hydrogens (tertiary/aromatic N) is 2. The third-order valence-corrected chi connectivity index (χ3v) is 7.21. The number of nitrogens with one attached hydrogen (secondary N) is 1. The van der Waals surface area contributed by atoms with Gasteiger partial charge in [-0.2, -0.15) is 0 Å². The highest BCUT2D eigenvalue weighted by atomic mass is 19.1. The molecular weight excluding hydrogens is 425 g/mol. The van der Waals surface area contributed by atoms with Gasteiger partial charge in [0, 0.05) is 31.4 Å². The van der Waals surface area contributed by atoms with Crippen LogP contribution in [0.2, 0.25) is 0 Å². The lowest BCUT2D eigenvalue weighted by molar-refractivity contribution is 0.0497. The molecular formula is C25H32FN3O4. The van der Waals surface area contributed by atoms with Crippen LogP contribution in [0.1, 0.15) is 61.8 Å². The summed E-state index contributed by atoms with van der Waals surface area (Å²) in [7, 11) is 1.52. The predicted octanol–water partition coefficient (Wildman–Crippen LogP) is 3.63. The SMILES string of the molecule is CCCCOC(=O)c1cn(C2CC2)c2c(OC)c(N3C[C@@H]4CCCN[C@@H]4C3)c(F)cc2c1=O. The Kier molecular flexibility index (Phi) is 6.03. The van der Waals surface area contributed by atoms with Crippen LogP contribution in [0, 0.1) is 11.7 Å². The van der Waals surface area contributed by atoms with E-state index >= 15 is 4.39 Å². The van der Waals surface area contributed by atoms with E-state index in [0.29, 0.717) is 35.5 Å². The molecule has 1 N–H and O–H groups in total. The number of halogens is 1. The van der Waals surface area contributed by atoms with Crippen LogP contribution in [0.3, 0.4) is 0 Å². The molecule has 2 atom stereocenters. The quantitative estimate of drug-likeness (QED) is 0.506. The fourth-order valence-corrected chi connectivity index (χ4v) is 5.33. The molecule has 2 aliphatic heterocycles. The molecule has 1 aliphatic carbocycles. The first-order chi connectivity index (χ1) is 16.0. The van der Waals surface area contributed by atoms with E-state index in [1.165, 1.54) is 13.2 Å². The van der Waals surface area contributed by atoms with Crippen molar-refractivity contribution in [2.75, 3.05) is 38.3 Å². The van der Waals surface area contributed by atoms with Gasteiger partial charge in [-0.1, -0.05) is 13.3 Å². The van der Waals surface area contributed by atoms with Crippen molar-refractivity contribution in [3.05, 3.63) is 33.9 Å². The molecule has 3 heterocycles. The maximum Gasteiger partial charge on any atom is 0.343 e. The minimum Gasteiger partial charge on any atom is -0.492 e. The lowest BCUT2D eigenvalue weighted by Crippen LogP contribution is -2.40. The van der Waals surface area contributed by atoms with Crippen molar-refractivity contribution in [1.29, 1.82) is 0 Å². The molecule has 8 heteroatoms. The van der Waals surface area contributed by atoms with Gasteiger partial charge in [-0.15, -0.1) is 0 Å². The number of carbonyl (C=O) groups is 1. The summed E-state index contributed by atoms with van der Waals surface area (Å²) in [4.78, 5) is 28.0. The highest BCUT2D eigenvalue weighted by Gasteiger charge is 2.38. The first-order valence-electron chi connectivity index (χ1n) is 12.1. The topological polar surface area (TPSA) is 72.8 Å². The van der Waals surface area contributed by atoms with Crippen molar-refractivity contribution < 1.29 is 18.7 Å². The Hall–Kier alpha value is -2.61. The summed E-state index contributed by atoms with van der Waals surface area (Å²) < 4.78 is 28.6. The fourth-order valence-electron chi connectivity index (χ4n) is 5.33. The average Bonchev–Trinajstić information content (AvgIpc) is 3.57. The molecule has 33 heavy (non-hydrogen) atoms. The number of carbonyl (C=O) groups excluding carboxylic acids is 1. The largest absolute Gasteiger partial charge is 0.492 e. The maximum absolute atomic E-state index is 15.6. The van der Waals surface area contributed by atoms with Gasteiger partial charge in [0.1, 0.15) is 11.3 Å². The molecule has 5 rings (SSSR count). The van der Waals surface area contributed by atoms with Gasteiger partial charge < -0.3 is 24.3 Å². The Balaban J connectivity index is 1.63. The molecule has 178 valence electrons. The molecule has 1 aromatic carbocycles. The Bertz CT molecular complexity index is 1110. The molecule has 3 aliphatic rings. The Morgan fingerprint density at radius 3 is 2.79 bits per heavy atom. The van der Waals surface area contributed by atoms with Gasteiger partial charge in [-0.05, 0) is 50.6 Å². The van der Waals surface area contributed by atoms with E-state index in [2.05, 4.69) is 10.2 Å². The third kappa shape index (κ3) is 3.98. The van der Waals surface area contributed by atoms with Crippen LogP contribution in [0.15, 0.2) is 17.1 Å². The van der Waals surface area contributed by atoms with Crippen molar-refractivity contribution in [2.45, 2.75) is 57.5 Å². The second-order valence-electron chi connectivity index (χ2n) is 9.50. The van der Waals surface area contributed by atoms with Gasteiger partial charge in [0.15, 0.2) is 11.6 Å². The Labute approximate surface area is 192 Å². The van der Waals surface area contributed by atoms with Crippen LogP contribution < -0.4 is 20.4 Å². The van der Waals surface area contributed by atoms with E-state index in [0.717, 1.165) is 51.6 Å². The molecule has 0 bridgehead atoms. The molecule has 0 unspecified atom stereocenters. The lowest BCUT2D eigenvalue weighted by Gasteiger charge is -2.25. The van der Waals surface area contributed by atoms with E-state index in [4.69, 9.17) is 9.47 Å². The summed E-state index contributed by atoms with van der Waals surface area (Å²) >= 11 is 0. The zero-order valence-electron chi connectivity index (χ0n) is 19.4. The number of rotatable bonds is 7. The second-order valence-corrected chi connectivity index (χ2v) is 9.50. The summed E-state index contributed by atoms with van der Waals surface area (Å²) in [5, 5.41) is 3.72. The number of benzene rings is 1. The monoisotopic (exact) mass is 457 g/mol. The number of hydrogen-bond acceptors (Lipinski definition) is 6. The standard InChI is InChI=1S/C25H32FN3O4/c1-3-4-10-33-25(31)18-13-29(16-7-8-16)21-17(23(18)30)11-19(26)22(24(21)32-2)28-12-15-6-5-9-27-20(15)14-28/h11,13,15-16,20,27H,3-10,12,14H2,1-2H3/t15-,20+/m0/s1. The van der Waals surface area contributed by atoms with E-state index < -0.39 is 17.2 Å². The maximum atomic E-state index is 15.6. The van der Waals surface area contributed by atoms with Crippen molar-refractivity contribution in [3.8, 4) is 5.75 Å². The molecule has 1 aromatic heterocycles. The molecule has 2 aromatic rings. The molecule has 2 saturated heterocycles. The van der Waals surface area contributed by atoms with Crippen molar-refractivity contribution in [3.63, 3.8) is 0 Å². The number of fused-ring (bicyclic) bond motifs is 2. The van der Waals surface area contributed by atoms with Crippen LogP contribution in [0.4, 0.5) is 10.1 Å². The minimum atomic E-state index is -0.650. The zero-order chi connectivity index (χ0) is 23.1. The number of esters is 1. The van der Waals surface area contributed by atoms with E-state index in [1.807, 2.05) is 11.5 Å². The number of piperidine rings is 1. The van der Waals surface area contributed by atoms with Crippen LogP contribution >= 0.6 is 0 Å². The lowest BCUT2D eigenvalue weighted by atomic mass is 9.94. The first kappa shape index (κ1) is 22.2. The first-order valence-corrected chi connectivity index (χ1v) is 12.1. The van der Waals surface area contributed by atoms with Gasteiger partial charge in [-0.3, -0.25) is 4.79 Å². The summed E-state index contributed by atoms with van der Waals surface area (Å²) in [5.41, 5.74) is 0.419. The second kappa shape index (κ2) is 8.97. The van der Waals surface area contributed by atoms with Gasteiger partial charge >= 0.3 is 5.97 Å². The van der Waals surface area contributed by atoms with Crippen molar-refractivity contribution in [1.82, 2.24) is 9.88 Å². The number of anilines is 1. The van der Waals surface area contributed by atoms with Crippen LogP contribution in [0.5, 0.6) is 5.75 Å². The number of hydrogen-bond donors (Lipinski definition) is 1. The molecule has 1 saturated carbocycles. The molecule has 0 radical (unpaired) electrons. The molecule has 7 nitrogen and oxygen atoms in total. The van der Waals surface area contributed by atoms with Crippen molar-refractivity contribution >= 4 is 22.6 Å². The average molecular weight is 458 g/mol. The van der Waals surface area contributed by atoms with Gasteiger partial charge in [0.2, 0.25) is 5.43 Å².